The molecule has 0 saturated carbocycles. The molecule has 0 heterocycles. The van der Waals surface area contributed by atoms with Crippen molar-refractivity contribution in [3.8, 4) is 0 Å². The quantitative estimate of drug-likeness (QED) is 0.0930. The first-order valence-electron chi connectivity index (χ1n) is 14.6. The second kappa shape index (κ2) is 20.2. The summed E-state index contributed by atoms with van der Waals surface area (Å²) in [6.45, 7) is 0. The molecule has 0 N–H and O–H groups in total. The SMILES string of the molecule is [CH3-].[Ru+6].c1cc[cH-]c1.c1ccc([PH+](c2ccccc2)c2ccccc2)cc1.c1ccc([PH+](c2ccccc2)c2ccccc2)cc1. The molecule has 0 nitrogen and oxygen atoms in total. The fourth-order valence-electron chi connectivity index (χ4n) is 4.95. The van der Waals surface area contributed by atoms with Gasteiger partial charge < -0.3 is 7.43 Å². The molecule has 0 unspecified atom stereocenters. The first kappa shape index (κ1) is 35.6. The van der Waals surface area contributed by atoms with E-state index in [-0.39, 0.29) is 26.9 Å². The van der Waals surface area contributed by atoms with Crippen molar-refractivity contribution >= 4 is 47.7 Å². The molecule has 0 spiro atoms. The van der Waals surface area contributed by atoms with Gasteiger partial charge in [-0.1, -0.05) is 109 Å². The molecule has 0 aromatic heterocycles. The third-order valence-corrected chi connectivity index (χ3v) is 12.4. The predicted octanol–water partition coefficient (Wildman–Crippen LogP) is 8.21. The number of rotatable bonds is 6. The monoisotopic (exact) mass is 708 g/mol. The van der Waals surface area contributed by atoms with Crippen LogP contribution in [-0.2, 0) is 19.5 Å². The summed E-state index contributed by atoms with van der Waals surface area (Å²) in [7, 11) is -1.75. The average molecular weight is 708 g/mol. The second-order valence-corrected chi connectivity index (χ2v) is 14.9. The van der Waals surface area contributed by atoms with E-state index in [2.05, 4.69) is 182 Å². The average Bonchev–Trinajstić information content (AvgIpc) is 3.69. The van der Waals surface area contributed by atoms with E-state index in [0.29, 0.717) is 0 Å². The van der Waals surface area contributed by atoms with Crippen molar-refractivity contribution in [1.29, 1.82) is 0 Å². The molecule has 45 heavy (non-hydrogen) atoms. The predicted molar refractivity (Wildman–Crippen MR) is 202 cm³/mol. The molecule has 0 aliphatic carbocycles. The molecule has 0 atom stereocenters. The van der Waals surface area contributed by atoms with Gasteiger partial charge in [0.1, 0.15) is 31.8 Å². The number of benzene rings is 6. The maximum atomic E-state index is 2.24. The summed E-state index contributed by atoms with van der Waals surface area (Å²) >= 11 is 0. The topological polar surface area (TPSA) is 0 Å². The Balaban J connectivity index is 0.000000204. The zero-order valence-corrected chi connectivity index (χ0v) is 29.3. The summed E-state index contributed by atoms with van der Waals surface area (Å²) in [5, 5.41) is 8.61. The van der Waals surface area contributed by atoms with Crippen molar-refractivity contribution in [1.82, 2.24) is 0 Å². The van der Waals surface area contributed by atoms with Gasteiger partial charge in [-0.25, -0.2) is 12.1 Å². The molecule has 0 saturated heterocycles. The Hall–Kier alpha value is -3.85. The minimum Gasteiger partial charge on any atom is -0.358 e. The van der Waals surface area contributed by atoms with E-state index in [9.17, 15) is 0 Å². The Morgan fingerprint density at radius 3 is 0.578 bits per heavy atom. The van der Waals surface area contributed by atoms with Crippen molar-refractivity contribution in [2.45, 2.75) is 0 Å². The van der Waals surface area contributed by atoms with Gasteiger partial charge in [-0.15, -0.1) is 0 Å². The molecule has 7 aromatic rings. The molecule has 3 heteroatoms. The smallest absolute Gasteiger partial charge is 0.358 e. The van der Waals surface area contributed by atoms with E-state index in [1.54, 1.807) is 0 Å². The molecule has 0 fully saturated rings. The van der Waals surface area contributed by atoms with Crippen molar-refractivity contribution in [3.05, 3.63) is 220 Å². The molecular weight excluding hydrogens is 667 g/mol. The molecule has 7 rings (SSSR count). The van der Waals surface area contributed by atoms with E-state index in [1.807, 2.05) is 30.3 Å². The first-order chi connectivity index (χ1) is 21.4. The van der Waals surface area contributed by atoms with E-state index in [1.165, 1.54) is 31.8 Å². The summed E-state index contributed by atoms with van der Waals surface area (Å²) in [5.41, 5.74) is 0. The third kappa shape index (κ3) is 10.9. The van der Waals surface area contributed by atoms with Gasteiger partial charge in [0.2, 0.25) is 0 Å². The standard InChI is InChI=1S/2C18H15P.C5H5.CH3.Ru/c2*1-4-10-16(11-5-1)19(17-12-6-2-7-13-17)18-14-8-3-9-15-18;1-2-4-5-3-1;;/h2*1-15H;1-5H;1H3;/q;;2*-1;+6/p+2. The largest absolute Gasteiger partial charge is 6.00 e. The Kier molecular flexibility index (Phi) is 16.0. The normalized spacial score (nSPS) is 9.82. The van der Waals surface area contributed by atoms with Crippen LogP contribution in [0.1, 0.15) is 0 Å². The van der Waals surface area contributed by atoms with Crippen LogP contribution >= 0.6 is 15.8 Å². The van der Waals surface area contributed by atoms with E-state index in [0.717, 1.165) is 0 Å². The van der Waals surface area contributed by atoms with Crippen LogP contribution in [0.5, 0.6) is 0 Å². The molecule has 0 aliphatic rings. The third-order valence-electron chi connectivity index (χ3n) is 6.93. The Bertz CT molecular complexity index is 1350. The number of hydrogen-bond acceptors (Lipinski definition) is 0. The van der Waals surface area contributed by atoms with Crippen molar-refractivity contribution < 1.29 is 19.5 Å². The van der Waals surface area contributed by atoms with Crippen LogP contribution in [0, 0.1) is 7.43 Å². The van der Waals surface area contributed by atoms with E-state index < -0.39 is 15.8 Å². The van der Waals surface area contributed by atoms with Crippen LogP contribution in [0.2, 0.25) is 0 Å². The summed E-state index contributed by atoms with van der Waals surface area (Å²) in [5.74, 6) is 0. The van der Waals surface area contributed by atoms with Crippen LogP contribution < -0.4 is 31.8 Å². The van der Waals surface area contributed by atoms with Crippen LogP contribution in [0.4, 0.5) is 0 Å². The number of hydrogen-bond donors (Lipinski definition) is 0. The van der Waals surface area contributed by atoms with Gasteiger partial charge in [0.25, 0.3) is 0 Å². The first-order valence-corrected chi connectivity index (χ1v) is 17.6. The minimum atomic E-state index is -0.877. The second-order valence-electron chi connectivity index (χ2n) is 9.91. The molecule has 0 bridgehead atoms. The van der Waals surface area contributed by atoms with Gasteiger partial charge in [0, 0.05) is 0 Å². The van der Waals surface area contributed by atoms with Crippen molar-refractivity contribution in [2.24, 2.45) is 0 Å². The van der Waals surface area contributed by atoms with Crippen molar-refractivity contribution in [2.75, 3.05) is 0 Å². The summed E-state index contributed by atoms with van der Waals surface area (Å²) in [6.07, 6.45) is 0. The minimum absolute atomic E-state index is 0. The van der Waals surface area contributed by atoms with E-state index in [4.69, 9.17) is 0 Å². The van der Waals surface area contributed by atoms with Crippen LogP contribution in [0.25, 0.3) is 0 Å². The zero-order chi connectivity index (χ0) is 29.4. The molecule has 220 valence electrons. The van der Waals surface area contributed by atoms with Gasteiger partial charge in [-0.2, -0.15) is 18.2 Å². The van der Waals surface area contributed by atoms with Crippen LogP contribution in [0.3, 0.4) is 0 Å². The maximum Gasteiger partial charge on any atom is 6.00 e. The summed E-state index contributed by atoms with van der Waals surface area (Å²) in [6, 6.07) is 75.0. The Morgan fingerprint density at radius 1 is 0.267 bits per heavy atom. The van der Waals surface area contributed by atoms with Gasteiger partial charge in [-0.3, -0.25) is 0 Å². The Morgan fingerprint density at radius 2 is 0.444 bits per heavy atom. The van der Waals surface area contributed by atoms with Gasteiger partial charge in [-0.05, 0) is 72.8 Å². The van der Waals surface area contributed by atoms with Gasteiger partial charge in [0.15, 0.2) is 0 Å². The van der Waals surface area contributed by atoms with Gasteiger partial charge >= 0.3 is 19.5 Å². The molecule has 0 amide bonds. The molecular formula is C42H40P2Ru+6. The summed E-state index contributed by atoms with van der Waals surface area (Å²) < 4.78 is 0. The van der Waals surface area contributed by atoms with Gasteiger partial charge in [0.05, 0.1) is 15.8 Å². The molecule has 0 aliphatic heterocycles. The summed E-state index contributed by atoms with van der Waals surface area (Å²) in [4.78, 5) is 0. The van der Waals surface area contributed by atoms with Crippen LogP contribution in [0.15, 0.2) is 212 Å². The zero-order valence-electron chi connectivity index (χ0n) is 25.6. The molecule has 0 radical (unpaired) electrons. The maximum absolute atomic E-state index is 2.24. The van der Waals surface area contributed by atoms with Crippen molar-refractivity contribution in [3.63, 3.8) is 0 Å². The fraction of sp³-hybridized carbons (Fsp3) is 0. The van der Waals surface area contributed by atoms with Crippen LogP contribution in [-0.4, -0.2) is 0 Å². The van der Waals surface area contributed by atoms with E-state index >= 15 is 0 Å². The Labute approximate surface area is 285 Å². The molecule has 7 aromatic carbocycles. The fourth-order valence-corrected chi connectivity index (χ4v) is 10.1.